The van der Waals surface area contributed by atoms with Crippen molar-refractivity contribution in [3.05, 3.63) is 17.0 Å². The second-order valence-electron chi connectivity index (χ2n) is 4.23. The fourth-order valence-electron chi connectivity index (χ4n) is 1.92. The summed E-state index contributed by atoms with van der Waals surface area (Å²) in [6.07, 6.45) is 0.601. The topological polar surface area (TPSA) is 64.4 Å². The van der Waals surface area contributed by atoms with Gasteiger partial charge in [0.05, 0.1) is 25.3 Å². The van der Waals surface area contributed by atoms with Gasteiger partial charge in [-0.3, -0.25) is 9.48 Å². The van der Waals surface area contributed by atoms with E-state index in [1.807, 2.05) is 25.5 Å². The fourth-order valence-corrected chi connectivity index (χ4v) is 1.92. The van der Waals surface area contributed by atoms with Crippen molar-refractivity contribution < 1.29 is 14.6 Å². The van der Waals surface area contributed by atoms with Crippen LogP contribution < -0.4 is 0 Å². The van der Waals surface area contributed by atoms with Gasteiger partial charge in [0.25, 0.3) is 0 Å². The summed E-state index contributed by atoms with van der Waals surface area (Å²) in [7, 11) is 1.39. The zero-order chi connectivity index (χ0) is 13.0. The summed E-state index contributed by atoms with van der Waals surface area (Å²) in [5, 5.41) is 13.4. The molecule has 5 heteroatoms. The molecule has 0 spiro atoms. The Labute approximate surface area is 101 Å². The van der Waals surface area contributed by atoms with Gasteiger partial charge in [0.2, 0.25) is 0 Å². The molecule has 1 N–H and O–H groups in total. The zero-order valence-corrected chi connectivity index (χ0v) is 10.9. The number of aryl methyl sites for hydroxylation is 1. The maximum atomic E-state index is 11.3. The molecule has 1 heterocycles. The minimum Gasteiger partial charge on any atom is -0.469 e. The van der Waals surface area contributed by atoms with Crippen LogP contribution in [0.4, 0.5) is 0 Å². The number of esters is 1. The standard InChI is InChI=1S/C12H20N2O3/c1-8(12(16)17-4)7-14-10(3)11(5-6-15)9(2)13-14/h8,15H,5-7H2,1-4H3. The Balaban J connectivity index is 2.85. The number of aliphatic hydroxyl groups excluding tert-OH is 1. The van der Waals surface area contributed by atoms with Gasteiger partial charge >= 0.3 is 5.97 Å². The number of methoxy groups -OCH3 is 1. The van der Waals surface area contributed by atoms with Gasteiger partial charge < -0.3 is 9.84 Å². The highest BCUT2D eigenvalue weighted by atomic mass is 16.5. The Morgan fingerprint density at radius 3 is 2.71 bits per heavy atom. The number of carbonyl (C=O) groups is 1. The molecule has 1 aromatic rings. The molecule has 0 fully saturated rings. The summed E-state index contributed by atoms with van der Waals surface area (Å²) in [5.74, 6) is -0.457. The largest absolute Gasteiger partial charge is 0.469 e. The summed E-state index contributed by atoms with van der Waals surface area (Å²) in [6.45, 7) is 6.30. The number of rotatable bonds is 5. The maximum absolute atomic E-state index is 11.3. The smallest absolute Gasteiger partial charge is 0.310 e. The van der Waals surface area contributed by atoms with Crippen LogP contribution in [0.15, 0.2) is 0 Å². The first-order valence-electron chi connectivity index (χ1n) is 5.72. The van der Waals surface area contributed by atoms with E-state index in [2.05, 4.69) is 9.84 Å². The van der Waals surface area contributed by atoms with Gasteiger partial charge in [-0.25, -0.2) is 0 Å². The van der Waals surface area contributed by atoms with Crippen LogP contribution in [0.25, 0.3) is 0 Å². The average molecular weight is 240 g/mol. The minimum absolute atomic E-state index is 0.111. The predicted molar refractivity (Wildman–Crippen MR) is 63.7 cm³/mol. The molecular formula is C12H20N2O3. The lowest BCUT2D eigenvalue weighted by Crippen LogP contribution is -2.20. The average Bonchev–Trinajstić information content (AvgIpc) is 2.56. The molecule has 5 nitrogen and oxygen atoms in total. The molecule has 1 unspecified atom stereocenters. The van der Waals surface area contributed by atoms with Crippen molar-refractivity contribution in [2.75, 3.05) is 13.7 Å². The van der Waals surface area contributed by atoms with Crippen LogP contribution in [0.5, 0.6) is 0 Å². The summed E-state index contributed by atoms with van der Waals surface area (Å²) < 4.78 is 6.50. The van der Waals surface area contributed by atoms with Crippen LogP contribution in [0, 0.1) is 19.8 Å². The molecule has 0 saturated carbocycles. The van der Waals surface area contributed by atoms with Gasteiger partial charge in [-0.2, -0.15) is 5.10 Å². The highest BCUT2D eigenvalue weighted by molar-refractivity contribution is 5.71. The normalized spacial score (nSPS) is 12.5. The molecule has 0 amide bonds. The van der Waals surface area contributed by atoms with Crippen LogP contribution in [-0.2, 0) is 22.5 Å². The number of aliphatic hydroxyl groups is 1. The number of aromatic nitrogens is 2. The van der Waals surface area contributed by atoms with Gasteiger partial charge in [-0.1, -0.05) is 6.92 Å². The van der Waals surface area contributed by atoms with E-state index in [9.17, 15) is 4.79 Å². The van der Waals surface area contributed by atoms with E-state index in [1.165, 1.54) is 7.11 Å². The quantitative estimate of drug-likeness (QED) is 0.775. The summed E-state index contributed by atoms with van der Waals surface area (Å²) in [5.41, 5.74) is 2.98. The van der Waals surface area contributed by atoms with E-state index in [4.69, 9.17) is 5.11 Å². The molecule has 0 aliphatic heterocycles. The van der Waals surface area contributed by atoms with Crippen molar-refractivity contribution in [2.24, 2.45) is 5.92 Å². The lowest BCUT2D eigenvalue weighted by molar-refractivity contribution is -0.145. The SMILES string of the molecule is COC(=O)C(C)Cn1nc(C)c(CCO)c1C. The Kier molecular flexibility index (Phi) is 4.69. The van der Waals surface area contributed by atoms with Gasteiger partial charge in [-0.15, -0.1) is 0 Å². The fraction of sp³-hybridized carbons (Fsp3) is 0.667. The highest BCUT2D eigenvalue weighted by Crippen LogP contribution is 2.15. The van der Waals surface area contributed by atoms with E-state index in [0.717, 1.165) is 17.0 Å². The van der Waals surface area contributed by atoms with Crippen LogP contribution in [0.2, 0.25) is 0 Å². The van der Waals surface area contributed by atoms with Crippen molar-refractivity contribution >= 4 is 5.97 Å². The molecule has 0 bridgehead atoms. The second kappa shape index (κ2) is 5.82. The first-order valence-corrected chi connectivity index (χ1v) is 5.72. The first-order chi connectivity index (χ1) is 8.01. The molecule has 96 valence electrons. The van der Waals surface area contributed by atoms with Crippen LogP contribution in [-0.4, -0.2) is 34.6 Å². The summed E-state index contributed by atoms with van der Waals surface area (Å²) in [4.78, 5) is 11.3. The lowest BCUT2D eigenvalue weighted by Gasteiger charge is -2.10. The van der Waals surface area contributed by atoms with Crippen molar-refractivity contribution in [3.8, 4) is 0 Å². The molecule has 0 radical (unpaired) electrons. The van der Waals surface area contributed by atoms with Crippen molar-refractivity contribution in [3.63, 3.8) is 0 Å². The van der Waals surface area contributed by atoms with E-state index in [1.54, 1.807) is 0 Å². The molecule has 0 aromatic carbocycles. The number of nitrogens with zero attached hydrogens (tertiary/aromatic N) is 2. The summed E-state index contributed by atoms with van der Waals surface area (Å²) in [6, 6.07) is 0. The third kappa shape index (κ3) is 3.06. The third-order valence-electron chi connectivity index (χ3n) is 2.94. The van der Waals surface area contributed by atoms with Gasteiger partial charge in [0.1, 0.15) is 0 Å². The van der Waals surface area contributed by atoms with Gasteiger partial charge in [-0.05, 0) is 25.8 Å². The van der Waals surface area contributed by atoms with E-state index in [0.29, 0.717) is 13.0 Å². The lowest BCUT2D eigenvalue weighted by atomic mass is 10.1. The van der Waals surface area contributed by atoms with Crippen molar-refractivity contribution in [1.82, 2.24) is 9.78 Å². The number of hydrogen-bond donors (Lipinski definition) is 1. The molecule has 0 aliphatic rings. The monoisotopic (exact) mass is 240 g/mol. The van der Waals surface area contributed by atoms with Crippen molar-refractivity contribution in [2.45, 2.75) is 33.7 Å². The van der Waals surface area contributed by atoms with Gasteiger partial charge in [0, 0.05) is 12.3 Å². The number of hydrogen-bond acceptors (Lipinski definition) is 4. The molecule has 1 rings (SSSR count). The molecule has 0 aliphatic carbocycles. The predicted octanol–water partition coefficient (Wildman–Crippen LogP) is 0.844. The van der Waals surface area contributed by atoms with E-state index in [-0.39, 0.29) is 18.5 Å². The van der Waals surface area contributed by atoms with Crippen LogP contribution >= 0.6 is 0 Å². The highest BCUT2D eigenvalue weighted by Gasteiger charge is 2.17. The van der Waals surface area contributed by atoms with E-state index < -0.39 is 0 Å². The van der Waals surface area contributed by atoms with Crippen molar-refractivity contribution in [1.29, 1.82) is 0 Å². The Morgan fingerprint density at radius 1 is 1.53 bits per heavy atom. The molecule has 0 saturated heterocycles. The molecule has 1 aromatic heterocycles. The third-order valence-corrected chi connectivity index (χ3v) is 2.94. The number of carbonyl (C=O) groups excluding carboxylic acids is 1. The summed E-state index contributed by atoms with van der Waals surface area (Å²) >= 11 is 0. The van der Waals surface area contributed by atoms with Crippen LogP contribution in [0.3, 0.4) is 0 Å². The second-order valence-corrected chi connectivity index (χ2v) is 4.23. The number of ether oxygens (including phenoxy) is 1. The first kappa shape index (κ1) is 13.7. The molecule has 17 heavy (non-hydrogen) atoms. The minimum atomic E-state index is -0.235. The Hall–Kier alpha value is -1.36. The Bertz CT molecular complexity index is 399. The zero-order valence-electron chi connectivity index (χ0n) is 10.9. The van der Waals surface area contributed by atoms with Crippen LogP contribution in [0.1, 0.15) is 23.9 Å². The Morgan fingerprint density at radius 2 is 2.18 bits per heavy atom. The van der Waals surface area contributed by atoms with Gasteiger partial charge in [0.15, 0.2) is 0 Å². The van der Waals surface area contributed by atoms with E-state index >= 15 is 0 Å². The maximum Gasteiger partial charge on any atom is 0.310 e. The molecule has 1 atom stereocenters. The molecular weight excluding hydrogens is 220 g/mol.